The lowest BCUT2D eigenvalue weighted by molar-refractivity contribution is 0.176. The molecule has 5 heteroatoms. The summed E-state index contributed by atoms with van der Waals surface area (Å²) in [5.74, 6) is 1.54. The third-order valence-corrected chi connectivity index (χ3v) is 4.63. The van der Waals surface area contributed by atoms with Crippen LogP contribution in [0, 0.1) is 5.92 Å². The molecule has 3 rings (SSSR count). The van der Waals surface area contributed by atoms with E-state index in [0.717, 1.165) is 23.8 Å². The first kappa shape index (κ1) is 17.5. The van der Waals surface area contributed by atoms with E-state index >= 15 is 0 Å². The van der Waals surface area contributed by atoms with Crippen LogP contribution in [0.3, 0.4) is 0 Å². The number of benzene rings is 1. The Kier molecular flexibility index (Phi) is 6.12. The SMILES string of the molecule is CC1CCCN(Cc2ccc(CNC(=O)NCc3ccco3)cc2)C1. The smallest absolute Gasteiger partial charge is 0.315 e. The molecule has 1 unspecified atom stereocenters. The second kappa shape index (κ2) is 8.72. The molecular weight excluding hydrogens is 314 g/mol. The standard InChI is InChI=1S/C20H27N3O2/c1-16-4-2-10-23(14-16)15-18-8-6-17(7-9-18)12-21-20(24)22-13-19-5-3-11-25-19/h3,5-9,11,16H,2,4,10,12-15H2,1H3,(H2,21,22,24). The van der Waals surface area contributed by atoms with Gasteiger partial charge in [-0.1, -0.05) is 31.2 Å². The third-order valence-electron chi connectivity index (χ3n) is 4.63. The van der Waals surface area contributed by atoms with Gasteiger partial charge < -0.3 is 15.1 Å². The van der Waals surface area contributed by atoms with Crippen LogP contribution in [-0.2, 0) is 19.6 Å². The van der Waals surface area contributed by atoms with E-state index in [4.69, 9.17) is 4.42 Å². The highest BCUT2D eigenvalue weighted by atomic mass is 16.3. The van der Waals surface area contributed by atoms with Crippen molar-refractivity contribution in [1.29, 1.82) is 0 Å². The summed E-state index contributed by atoms with van der Waals surface area (Å²) in [7, 11) is 0. The maximum absolute atomic E-state index is 11.8. The molecule has 0 radical (unpaired) electrons. The van der Waals surface area contributed by atoms with Gasteiger partial charge in [0.25, 0.3) is 0 Å². The molecule has 1 atom stereocenters. The number of likely N-dealkylation sites (tertiary alicyclic amines) is 1. The number of hydrogen-bond acceptors (Lipinski definition) is 3. The molecule has 1 fully saturated rings. The number of carbonyl (C=O) groups excluding carboxylic acids is 1. The minimum Gasteiger partial charge on any atom is -0.467 e. The summed E-state index contributed by atoms with van der Waals surface area (Å²) < 4.78 is 5.18. The summed E-state index contributed by atoms with van der Waals surface area (Å²) in [6.07, 6.45) is 4.25. The molecule has 25 heavy (non-hydrogen) atoms. The van der Waals surface area contributed by atoms with Crippen LogP contribution >= 0.6 is 0 Å². The van der Waals surface area contributed by atoms with Crippen LogP contribution < -0.4 is 10.6 Å². The normalized spacial score (nSPS) is 18.0. The van der Waals surface area contributed by atoms with E-state index in [2.05, 4.69) is 46.7 Å². The fourth-order valence-electron chi connectivity index (χ4n) is 3.28. The van der Waals surface area contributed by atoms with Crippen molar-refractivity contribution >= 4 is 6.03 Å². The average molecular weight is 341 g/mol. The zero-order chi connectivity index (χ0) is 17.5. The molecule has 0 saturated carbocycles. The van der Waals surface area contributed by atoms with E-state index in [0.29, 0.717) is 13.1 Å². The first-order chi connectivity index (χ1) is 12.2. The van der Waals surface area contributed by atoms with Crippen molar-refractivity contribution in [2.75, 3.05) is 13.1 Å². The lowest BCUT2D eigenvalue weighted by atomic mass is 9.99. The summed E-state index contributed by atoms with van der Waals surface area (Å²) in [6, 6.07) is 12.0. The quantitative estimate of drug-likeness (QED) is 0.845. The van der Waals surface area contributed by atoms with Crippen LogP contribution in [0.1, 0.15) is 36.7 Å². The van der Waals surface area contributed by atoms with Crippen molar-refractivity contribution in [3.8, 4) is 0 Å². The lowest BCUT2D eigenvalue weighted by Gasteiger charge is -2.30. The van der Waals surface area contributed by atoms with Gasteiger partial charge in [-0.3, -0.25) is 4.90 Å². The van der Waals surface area contributed by atoms with Gasteiger partial charge in [-0.2, -0.15) is 0 Å². The van der Waals surface area contributed by atoms with E-state index in [9.17, 15) is 4.79 Å². The van der Waals surface area contributed by atoms with Gasteiger partial charge in [-0.15, -0.1) is 0 Å². The molecule has 2 heterocycles. The van der Waals surface area contributed by atoms with Gasteiger partial charge in [0, 0.05) is 19.6 Å². The van der Waals surface area contributed by atoms with Gasteiger partial charge >= 0.3 is 6.03 Å². The molecule has 2 aromatic rings. The highest BCUT2D eigenvalue weighted by Crippen LogP contribution is 2.18. The van der Waals surface area contributed by atoms with Gasteiger partial charge in [-0.05, 0) is 48.6 Å². The van der Waals surface area contributed by atoms with Gasteiger partial charge in [0.2, 0.25) is 0 Å². The second-order valence-electron chi connectivity index (χ2n) is 6.91. The van der Waals surface area contributed by atoms with Crippen molar-refractivity contribution in [2.24, 2.45) is 5.92 Å². The molecule has 0 spiro atoms. The molecule has 0 aliphatic carbocycles. The number of urea groups is 1. The number of rotatable bonds is 6. The zero-order valence-electron chi connectivity index (χ0n) is 14.8. The fraction of sp³-hybridized carbons (Fsp3) is 0.450. The topological polar surface area (TPSA) is 57.5 Å². The van der Waals surface area contributed by atoms with E-state index in [1.807, 2.05) is 6.07 Å². The molecule has 2 N–H and O–H groups in total. The fourth-order valence-corrected chi connectivity index (χ4v) is 3.28. The van der Waals surface area contributed by atoms with Gasteiger partial charge in [-0.25, -0.2) is 4.79 Å². The number of nitrogens with zero attached hydrogens (tertiary/aromatic N) is 1. The van der Waals surface area contributed by atoms with Crippen molar-refractivity contribution in [2.45, 2.75) is 39.4 Å². The molecular formula is C20H27N3O2. The Balaban J connectivity index is 1.40. The molecule has 5 nitrogen and oxygen atoms in total. The van der Waals surface area contributed by atoms with Gasteiger partial charge in [0.15, 0.2) is 0 Å². The third kappa shape index (κ3) is 5.64. The molecule has 2 amide bonds. The molecule has 1 aromatic heterocycles. The molecule has 1 aliphatic rings. The Hall–Kier alpha value is -2.27. The second-order valence-corrected chi connectivity index (χ2v) is 6.91. The molecule has 1 aliphatic heterocycles. The van der Waals surface area contributed by atoms with E-state index in [1.54, 1.807) is 12.3 Å². The summed E-state index contributed by atoms with van der Waals surface area (Å²) in [5, 5.41) is 5.64. The summed E-state index contributed by atoms with van der Waals surface area (Å²) in [4.78, 5) is 14.3. The number of amides is 2. The molecule has 134 valence electrons. The monoisotopic (exact) mass is 341 g/mol. The van der Waals surface area contributed by atoms with Crippen LogP contribution in [0.2, 0.25) is 0 Å². The molecule has 1 saturated heterocycles. The predicted octanol–water partition coefficient (Wildman–Crippen LogP) is 3.51. The number of furan rings is 1. The Morgan fingerprint density at radius 1 is 1.16 bits per heavy atom. The molecule has 0 bridgehead atoms. The van der Waals surface area contributed by atoms with E-state index in [1.165, 1.54) is 31.5 Å². The van der Waals surface area contributed by atoms with Gasteiger partial charge in [0.05, 0.1) is 12.8 Å². The van der Waals surface area contributed by atoms with Crippen LogP contribution in [0.25, 0.3) is 0 Å². The maximum atomic E-state index is 11.8. The zero-order valence-corrected chi connectivity index (χ0v) is 14.8. The van der Waals surface area contributed by atoms with Crippen LogP contribution in [0.4, 0.5) is 4.79 Å². The Bertz CT molecular complexity index is 652. The minimum atomic E-state index is -0.192. The van der Waals surface area contributed by atoms with Crippen LogP contribution in [0.5, 0.6) is 0 Å². The van der Waals surface area contributed by atoms with Crippen molar-refractivity contribution in [3.63, 3.8) is 0 Å². The first-order valence-corrected chi connectivity index (χ1v) is 9.03. The number of hydrogen-bond donors (Lipinski definition) is 2. The van der Waals surface area contributed by atoms with Crippen LogP contribution in [0.15, 0.2) is 47.1 Å². The highest BCUT2D eigenvalue weighted by molar-refractivity contribution is 5.73. The lowest BCUT2D eigenvalue weighted by Crippen LogP contribution is -2.34. The van der Waals surface area contributed by atoms with Crippen molar-refractivity contribution in [3.05, 3.63) is 59.5 Å². The average Bonchev–Trinajstić information content (AvgIpc) is 3.13. The van der Waals surface area contributed by atoms with Crippen LogP contribution in [-0.4, -0.2) is 24.0 Å². The number of carbonyl (C=O) groups is 1. The summed E-state index contributed by atoms with van der Waals surface area (Å²) in [5.41, 5.74) is 2.43. The Morgan fingerprint density at radius 3 is 2.64 bits per heavy atom. The maximum Gasteiger partial charge on any atom is 0.315 e. The highest BCUT2D eigenvalue weighted by Gasteiger charge is 2.16. The van der Waals surface area contributed by atoms with E-state index < -0.39 is 0 Å². The summed E-state index contributed by atoms with van der Waals surface area (Å²) >= 11 is 0. The first-order valence-electron chi connectivity index (χ1n) is 9.03. The van der Waals surface area contributed by atoms with E-state index in [-0.39, 0.29) is 6.03 Å². The Morgan fingerprint density at radius 2 is 1.92 bits per heavy atom. The van der Waals surface area contributed by atoms with Crippen molar-refractivity contribution < 1.29 is 9.21 Å². The predicted molar refractivity (Wildman–Crippen MR) is 97.9 cm³/mol. The molecule has 1 aromatic carbocycles. The summed E-state index contributed by atoms with van der Waals surface area (Å²) in [6.45, 7) is 6.65. The number of piperidine rings is 1. The largest absolute Gasteiger partial charge is 0.467 e. The van der Waals surface area contributed by atoms with Crippen molar-refractivity contribution in [1.82, 2.24) is 15.5 Å². The Labute approximate surface area is 149 Å². The number of nitrogens with one attached hydrogen (secondary N) is 2. The van der Waals surface area contributed by atoms with Gasteiger partial charge in [0.1, 0.15) is 5.76 Å². The minimum absolute atomic E-state index is 0.192.